The highest BCUT2D eigenvalue weighted by Crippen LogP contribution is 2.45. The van der Waals surface area contributed by atoms with E-state index in [9.17, 15) is 117 Å². The van der Waals surface area contributed by atoms with Crippen LogP contribution >= 0.6 is 0 Å². The van der Waals surface area contributed by atoms with Gasteiger partial charge in [-0.25, -0.2) is 14.4 Å². The molecule has 5 saturated carbocycles. The Morgan fingerprint density at radius 1 is 0.330 bits per heavy atom. The van der Waals surface area contributed by atoms with Crippen LogP contribution in [0, 0.1) is 29.6 Å². The van der Waals surface area contributed by atoms with E-state index in [1.807, 2.05) is 0 Å². The average molecular weight is 1570 g/mol. The monoisotopic (exact) mass is 1570 g/mol. The second-order valence-electron chi connectivity index (χ2n) is 31.2. The molecule has 37 heteroatoms. The van der Waals surface area contributed by atoms with Gasteiger partial charge < -0.3 is 168 Å². The minimum absolute atomic E-state index is 0.0341. The fourth-order valence-corrected chi connectivity index (χ4v) is 16.9. The Balaban J connectivity index is 0.642. The second-order valence-corrected chi connectivity index (χ2v) is 31.2. The Bertz CT molecular complexity index is 2930. The van der Waals surface area contributed by atoms with Crippen LogP contribution in [-0.2, 0) is 76.0 Å². The molecule has 11 aliphatic rings. The van der Waals surface area contributed by atoms with Crippen molar-refractivity contribution in [3.8, 4) is 0 Å². The third-order valence-electron chi connectivity index (χ3n) is 23.7. The van der Waals surface area contributed by atoms with E-state index in [1.165, 1.54) is 18.2 Å². The zero-order valence-electron chi connectivity index (χ0n) is 60.2. The summed E-state index contributed by atoms with van der Waals surface area (Å²) in [5, 5.41) is 215. The first kappa shape index (κ1) is 86.3. The fraction of sp³-hybridized carbons (Fsp3) is 0.875. The van der Waals surface area contributed by atoms with Gasteiger partial charge in [0, 0.05) is 37.0 Å². The van der Waals surface area contributed by atoms with Gasteiger partial charge in [-0.1, -0.05) is 18.2 Å². The average Bonchev–Trinajstić information content (AvgIpc) is 0.766. The van der Waals surface area contributed by atoms with Crippen LogP contribution in [0.2, 0.25) is 0 Å². The number of hydrogen-bond donors (Lipinski definition) is 20. The molecule has 0 amide bonds. The highest BCUT2D eigenvalue weighted by atomic mass is 16.7. The smallest absolute Gasteiger partial charge is 0.330 e. The van der Waals surface area contributed by atoms with Crippen LogP contribution in [0.3, 0.4) is 0 Å². The van der Waals surface area contributed by atoms with Gasteiger partial charge in [-0.05, 0) is 120 Å². The number of esters is 3. The van der Waals surface area contributed by atoms with Crippen molar-refractivity contribution in [2.75, 3.05) is 33.0 Å². The lowest BCUT2D eigenvalue weighted by Gasteiger charge is -2.49. The molecule has 9 unspecified atom stereocenters. The molecule has 0 radical (unpaired) electrons. The number of ether oxygens (including phenoxy) is 14. The fourth-order valence-electron chi connectivity index (χ4n) is 16.9. The van der Waals surface area contributed by atoms with Crippen molar-refractivity contribution in [3.63, 3.8) is 0 Å². The minimum atomic E-state index is -1.91. The van der Waals surface area contributed by atoms with Gasteiger partial charge >= 0.3 is 17.9 Å². The highest BCUT2D eigenvalue weighted by molar-refractivity contribution is 5.82. The Labute approximate surface area is 627 Å². The molecule has 0 aromatic carbocycles. The van der Waals surface area contributed by atoms with E-state index in [0.29, 0.717) is 77.0 Å². The number of carbonyl (C=O) groups is 3. The first-order valence-corrected chi connectivity index (χ1v) is 38.3. The molecule has 0 aromatic rings. The standard InChI is InChI=1S/C72H112O37/c73-25-44-52(81)57(86)62(91)68(105-44)99-35-13-3-31(4-14-35)8-19-50(79)96-27-46-54(83)59(88)63(92)69(107-46)100-36-15-5-32(6-16-36)9-20-51(80)98-29-48-56(85)61(90)66(95)71(109-48)103-42-21-33(10-17-39(42)76)67-43(104-72-65(94)58(87)53(82)45(26-74)106-72)24-38-40(77)22-37(23-41(38)102-67)101-70-64(93)60(89)55(84)47(108-70)28-97-49(78)18-7-30-1-11-34(75)12-2-30/h7-9,18-20,30-48,52-77,81-95H,1-6,10-17,21-29H2/p+1/t30?,31?,32?,33?,34?,35?,36?,37?,38?,39?,40?,41?,42?,43?,44-,45-,46-,47-,48-,52-,53-,54-,55-,56-,57+,58+,59+,60+,61+,62-,63-,64-,65-,66-,67?,68-,69-,70-,71-,72-/m1/s1. The lowest BCUT2D eigenvalue weighted by atomic mass is 9.72. The van der Waals surface area contributed by atoms with Gasteiger partial charge in [0.2, 0.25) is 0 Å². The third-order valence-corrected chi connectivity index (χ3v) is 23.7. The Kier molecular flexibility index (Phi) is 31.1. The normalized spacial score (nSPS) is 48.2. The van der Waals surface area contributed by atoms with Crippen LogP contribution in [0.25, 0.3) is 0 Å². The van der Waals surface area contributed by atoms with Gasteiger partial charge in [-0.2, -0.15) is 0 Å². The zero-order valence-corrected chi connectivity index (χ0v) is 60.2. The lowest BCUT2D eigenvalue weighted by molar-refractivity contribution is -0.364. The van der Waals surface area contributed by atoms with E-state index in [4.69, 9.17) is 66.3 Å². The molecule has 21 N–H and O–H groups in total. The SMILES string of the molecule is O=C(C=CC1CCC(O[C@@H]2O[C@H](CO)[C@@H](O)[C@H](O)[C@H]2O)CC1)OC[C@H]1O[C@@H](OC2CCC(C=CC(=O)OC[C@H]3O[C@@H](OC4CC(C5[OH+]C6CC(O[C@@H]7O[C@H](COC(=O)C=CC8CCC(O)CC8)[C@@H](O)[C@H](O)[C@H]7O)CC(O)C6CC5O[C@@H]5O[C@H](CO)[C@@H](O)[C@H](O)[C@H]5O)CCC4O)[C@H](O)[C@@H](O)[C@@H]3O)CC2)[C@H](O)[C@@H](O)[C@@H]1O. The Hall–Kier alpha value is -3.61. The third kappa shape index (κ3) is 21.5. The molecule has 6 saturated heterocycles. The van der Waals surface area contributed by atoms with Crippen LogP contribution in [0.4, 0.5) is 0 Å². The van der Waals surface area contributed by atoms with Crippen LogP contribution in [-0.4, -0.2) is 372 Å². The predicted octanol–water partition coefficient (Wildman–Crippen LogP) is -7.23. The number of fused-ring (bicyclic) bond motifs is 1. The molecule has 11 fully saturated rings. The molecule has 622 valence electrons. The Morgan fingerprint density at radius 3 is 1.06 bits per heavy atom. The van der Waals surface area contributed by atoms with Gasteiger partial charge in [-0.3, -0.25) is 0 Å². The lowest BCUT2D eigenvalue weighted by Crippen LogP contribution is -2.64. The summed E-state index contributed by atoms with van der Waals surface area (Å²) in [5.41, 5.74) is 0. The predicted molar refractivity (Wildman–Crippen MR) is 361 cm³/mol. The van der Waals surface area contributed by atoms with Crippen LogP contribution < -0.4 is 0 Å². The molecule has 0 spiro atoms. The molecule has 37 nitrogen and oxygen atoms in total. The summed E-state index contributed by atoms with van der Waals surface area (Å²) in [7, 11) is 0. The maximum atomic E-state index is 13.2. The van der Waals surface area contributed by atoms with E-state index in [1.54, 1.807) is 18.2 Å². The van der Waals surface area contributed by atoms with Crippen LogP contribution in [0.15, 0.2) is 36.5 Å². The topological polar surface area (TPSA) is 589 Å². The summed E-state index contributed by atoms with van der Waals surface area (Å²) in [6.45, 7) is -3.03. The van der Waals surface area contributed by atoms with E-state index >= 15 is 0 Å². The van der Waals surface area contributed by atoms with Crippen molar-refractivity contribution in [2.45, 2.75) is 330 Å². The number of rotatable bonds is 25. The largest absolute Gasteiger partial charge is 0.460 e. The molecule has 5 aliphatic carbocycles. The quantitative estimate of drug-likeness (QED) is 0.0175. The van der Waals surface area contributed by atoms with Crippen LogP contribution in [0.1, 0.15) is 116 Å². The number of hydrogen-bond acceptors (Lipinski definition) is 36. The van der Waals surface area contributed by atoms with E-state index in [0.717, 1.165) is 0 Å². The minimum Gasteiger partial charge on any atom is -0.460 e. The zero-order chi connectivity index (χ0) is 78.2. The molecule has 34 atom stereocenters. The molecule has 0 aromatic heterocycles. The Morgan fingerprint density at radius 2 is 0.670 bits per heavy atom. The summed E-state index contributed by atoms with van der Waals surface area (Å²) in [5.74, 6) is -3.79. The number of aliphatic hydroxyl groups excluding tert-OH is 20. The van der Waals surface area contributed by atoms with Gasteiger partial charge in [0.05, 0.1) is 61.9 Å². The van der Waals surface area contributed by atoms with E-state index in [-0.39, 0.29) is 68.5 Å². The molecule has 109 heavy (non-hydrogen) atoms. The first-order valence-electron chi connectivity index (χ1n) is 38.3. The van der Waals surface area contributed by atoms with Gasteiger partial charge in [0.1, 0.15) is 148 Å². The molecular formula is C72H113O37+. The molecule has 0 bridgehead atoms. The molecule has 6 heterocycles. The molecule has 6 aliphatic heterocycles. The number of carbonyl (C=O) groups excluding carboxylic acids is 3. The summed E-state index contributed by atoms with van der Waals surface area (Å²) in [6, 6.07) is 0. The number of allylic oxidation sites excluding steroid dienone is 3. The van der Waals surface area contributed by atoms with Gasteiger partial charge in [0.15, 0.2) is 43.7 Å². The van der Waals surface area contributed by atoms with Crippen molar-refractivity contribution in [2.24, 2.45) is 29.6 Å². The van der Waals surface area contributed by atoms with Gasteiger partial charge in [-0.15, -0.1) is 0 Å². The summed E-state index contributed by atoms with van der Waals surface area (Å²) in [4.78, 5) is 38.7. The number of aliphatic hydroxyl groups is 22. The second kappa shape index (κ2) is 39.4. The first-order chi connectivity index (χ1) is 52.1. The van der Waals surface area contributed by atoms with E-state index < -0.39 is 265 Å². The van der Waals surface area contributed by atoms with Crippen molar-refractivity contribution >= 4 is 17.9 Å². The van der Waals surface area contributed by atoms with Gasteiger partial charge in [0.25, 0.3) is 0 Å². The van der Waals surface area contributed by atoms with Crippen molar-refractivity contribution in [1.29, 1.82) is 0 Å². The summed E-state index contributed by atoms with van der Waals surface area (Å²) >= 11 is 0. The molecular weight excluding hydrogens is 1460 g/mol. The van der Waals surface area contributed by atoms with Crippen molar-refractivity contribution in [3.05, 3.63) is 36.5 Å². The highest BCUT2D eigenvalue weighted by Gasteiger charge is 2.58. The summed E-state index contributed by atoms with van der Waals surface area (Å²) < 4.78 is 81.1. The summed E-state index contributed by atoms with van der Waals surface area (Å²) in [6.07, 6.45) is -33.2. The maximum absolute atomic E-state index is 13.2. The van der Waals surface area contributed by atoms with Crippen LogP contribution in [0.5, 0.6) is 0 Å². The molecule has 11 rings (SSSR count). The van der Waals surface area contributed by atoms with E-state index in [2.05, 4.69) is 0 Å². The van der Waals surface area contributed by atoms with Crippen molar-refractivity contribution < 1.29 is 183 Å². The maximum Gasteiger partial charge on any atom is 0.330 e. The van der Waals surface area contributed by atoms with Crippen molar-refractivity contribution in [1.82, 2.24) is 0 Å².